The Bertz CT molecular complexity index is 1420. The van der Waals surface area contributed by atoms with Crippen LogP contribution in [0, 0.1) is 18.7 Å². The molecule has 1 saturated heterocycles. The number of piperidine rings is 1. The van der Waals surface area contributed by atoms with Crippen molar-refractivity contribution in [2.45, 2.75) is 25.3 Å². The van der Waals surface area contributed by atoms with Gasteiger partial charge in [-0.25, -0.2) is 18.9 Å². The molecule has 4 aromatic rings. The molecule has 1 amide bonds. The molecule has 172 valence electrons. The summed E-state index contributed by atoms with van der Waals surface area (Å²) in [4.78, 5) is 24.0. The second-order valence-electron chi connectivity index (χ2n) is 8.91. The number of halogens is 1. The summed E-state index contributed by atoms with van der Waals surface area (Å²) in [6, 6.07) is 10.8. The average molecular weight is 458 g/mol. The summed E-state index contributed by atoms with van der Waals surface area (Å²) in [5.41, 5.74) is 3.07. The number of amides is 1. The molecule has 0 spiro atoms. The fourth-order valence-corrected chi connectivity index (χ4v) is 5.16. The molecule has 0 bridgehead atoms. The molecule has 1 aliphatic carbocycles. The Morgan fingerprint density at radius 1 is 1.24 bits per heavy atom. The molecule has 8 nitrogen and oxygen atoms in total. The largest absolute Gasteiger partial charge is 0.481 e. The van der Waals surface area contributed by atoms with Gasteiger partial charge < -0.3 is 15.0 Å². The van der Waals surface area contributed by atoms with Gasteiger partial charge in [0, 0.05) is 23.9 Å². The molecule has 0 unspecified atom stereocenters. The highest BCUT2D eigenvalue weighted by atomic mass is 19.1. The van der Waals surface area contributed by atoms with E-state index in [1.807, 2.05) is 31.3 Å². The summed E-state index contributed by atoms with van der Waals surface area (Å²) in [6.07, 6.45) is 6.46. The Labute approximate surface area is 195 Å². The van der Waals surface area contributed by atoms with E-state index in [1.165, 1.54) is 12.3 Å². The predicted octanol–water partition coefficient (Wildman–Crippen LogP) is 3.96. The highest BCUT2D eigenvalue weighted by Crippen LogP contribution is 2.64. The number of hydrogen-bond acceptors (Lipinski definition) is 6. The van der Waals surface area contributed by atoms with Crippen molar-refractivity contribution >= 4 is 23.1 Å². The molecule has 34 heavy (non-hydrogen) atoms. The van der Waals surface area contributed by atoms with E-state index in [9.17, 15) is 9.18 Å². The quantitative estimate of drug-likeness (QED) is 0.487. The summed E-state index contributed by atoms with van der Waals surface area (Å²) < 4.78 is 21.3. The zero-order valence-corrected chi connectivity index (χ0v) is 18.8. The molecule has 9 heteroatoms. The molecule has 2 fully saturated rings. The second-order valence-corrected chi connectivity index (χ2v) is 8.91. The standard InChI is InChI=1S/C25H23FN6O2/c1-15-3-5-16(6-4-15)23(33)29-20-14-28-32-10-8-21(30-22(20)32)31-9-7-17-12-25(17,31)19-11-18(26)13-27-24(19)34-2/h3-6,8,10-11,13-14,17H,7,9,12H2,1-2H3,(H,29,33)/t17-,25+/m0/s1. The highest BCUT2D eigenvalue weighted by Gasteiger charge is 2.64. The minimum absolute atomic E-state index is 0.224. The number of carbonyl (C=O) groups is 1. The SMILES string of the molecule is COc1ncc(F)cc1[C@@]12C[C@@H]1CCN2c1ccn2ncc(NC(=O)c3ccc(C)cc3)c2n1. The number of aryl methyl sites for hydroxylation is 1. The first-order valence-corrected chi connectivity index (χ1v) is 11.2. The third-order valence-electron chi connectivity index (χ3n) is 6.93. The van der Waals surface area contributed by atoms with Gasteiger partial charge in [-0.3, -0.25) is 4.79 Å². The van der Waals surface area contributed by atoms with Gasteiger partial charge >= 0.3 is 0 Å². The van der Waals surface area contributed by atoms with Crippen LogP contribution in [0.4, 0.5) is 15.9 Å². The van der Waals surface area contributed by atoms with Crippen molar-refractivity contribution in [2.24, 2.45) is 5.92 Å². The maximum atomic E-state index is 14.2. The molecule has 2 atom stereocenters. The van der Waals surface area contributed by atoms with Crippen molar-refractivity contribution in [1.82, 2.24) is 19.6 Å². The molecular weight excluding hydrogens is 435 g/mol. The van der Waals surface area contributed by atoms with Gasteiger partial charge in [-0.05, 0) is 49.9 Å². The second kappa shape index (κ2) is 7.51. The Hall–Kier alpha value is -4.01. The van der Waals surface area contributed by atoms with Gasteiger partial charge in [0.05, 0.1) is 25.0 Å². The monoisotopic (exact) mass is 458 g/mol. The fraction of sp³-hybridized carbons (Fsp3) is 0.280. The molecule has 4 heterocycles. The fourth-order valence-electron chi connectivity index (χ4n) is 5.16. The van der Waals surface area contributed by atoms with Gasteiger partial charge in [-0.2, -0.15) is 5.10 Å². The van der Waals surface area contributed by atoms with E-state index >= 15 is 0 Å². The van der Waals surface area contributed by atoms with E-state index in [0.29, 0.717) is 28.7 Å². The minimum Gasteiger partial charge on any atom is -0.481 e. The lowest BCUT2D eigenvalue weighted by Gasteiger charge is -2.30. The van der Waals surface area contributed by atoms with Crippen LogP contribution >= 0.6 is 0 Å². The number of nitrogens with one attached hydrogen (secondary N) is 1. The third-order valence-corrected chi connectivity index (χ3v) is 6.93. The van der Waals surface area contributed by atoms with E-state index < -0.39 is 5.54 Å². The number of anilines is 2. The number of ether oxygens (including phenoxy) is 1. The van der Waals surface area contributed by atoms with Crippen LogP contribution in [0.15, 0.2) is 55.0 Å². The number of nitrogens with zero attached hydrogens (tertiary/aromatic N) is 5. The van der Waals surface area contributed by atoms with Gasteiger partial charge in [-0.1, -0.05) is 17.7 Å². The number of rotatable bonds is 5. The van der Waals surface area contributed by atoms with Crippen molar-refractivity contribution in [2.75, 3.05) is 23.9 Å². The molecule has 0 radical (unpaired) electrons. The van der Waals surface area contributed by atoms with Crippen LogP contribution in [0.1, 0.15) is 34.3 Å². The maximum absolute atomic E-state index is 14.2. The maximum Gasteiger partial charge on any atom is 0.255 e. The Morgan fingerprint density at radius 3 is 2.82 bits per heavy atom. The van der Waals surface area contributed by atoms with Gasteiger partial charge in [-0.15, -0.1) is 0 Å². The number of benzene rings is 1. The number of aromatic nitrogens is 4. The Balaban J connectivity index is 1.35. The predicted molar refractivity (Wildman–Crippen MR) is 125 cm³/mol. The Kier molecular flexibility index (Phi) is 4.55. The minimum atomic E-state index is -0.392. The lowest BCUT2D eigenvalue weighted by molar-refractivity contribution is 0.102. The summed E-state index contributed by atoms with van der Waals surface area (Å²) in [5.74, 6) is 0.951. The first-order valence-electron chi connectivity index (χ1n) is 11.2. The lowest BCUT2D eigenvalue weighted by Crippen LogP contribution is -2.34. The molecule has 3 aromatic heterocycles. The van der Waals surface area contributed by atoms with Crippen LogP contribution in [-0.2, 0) is 5.54 Å². The average Bonchev–Trinajstić information content (AvgIpc) is 3.25. The number of methoxy groups -OCH3 is 1. The van der Waals surface area contributed by atoms with Gasteiger partial charge in [0.15, 0.2) is 5.65 Å². The topological polar surface area (TPSA) is 84.6 Å². The number of fused-ring (bicyclic) bond motifs is 2. The molecule has 1 saturated carbocycles. The van der Waals surface area contributed by atoms with Crippen molar-refractivity contribution in [3.63, 3.8) is 0 Å². The van der Waals surface area contributed by atoms with E-state index in [4.69, 9.17) is 9.72 Å². The van der Waals surface area contributed by atoms with Crippen molar-refractivity contribution < 1.29 is 13.9 Å². The zero-order chi connectivity index (χ0) is 23.4. The summed E-state index contributed by atoms with van der Waals surface area (Å²) in [5, 5.41) is 7.26. The Morgan fingerprint density at radius 2 is 2.06 bits per heavy atom. The van der Waals surface area contributed by atoms with Crippen molar-refractivity contribution in [3.05, 3.63) is 77.5 Å². The van der Waals surface area contributed by atoms with Gasteiger partial charge in [0.2, 0.25) is 5.88 Å². The van der Waals surface area contributed by atoms with Crippen LogP contribution < -0.4 is 15.0 Å². The van der Waals surface area contributed by atoms with Crippen LogP contribution in [0.2, 0.25) is 0 Å². The molecule has 1 aliphatic heterocycles. The van der Waals surface area contributed by atoms with Crippen LogP contribution in [-0.4, -0.2) is 39.1 Å². The van der Waals surface area contributed by atoms with Gasteiger partial charge in [0.25, 0.3) is 5.91 Å². The third kappa shape index (κ3) is 3.11. The van der Waals surface area contributed by atoms with Crippen LogP contribution in [0.5, 0.6) is 5.88 Å². The molecule has 2 aliphatic rings. The first-order chi connectivity index (χ1) is 16.5. The molecule has 1 N–H and O–H groups in total. The van der Waals surface area contributed by atoms with E-state index in [1.54, 1.807) is 30.0 Å². The normalized spacial score (nSPS) is 20.9. The van der Waals surface area contributed by atoms with Crippen molar-refractivity contribution in [3.8, 4) is 5.88 Å². The summed E-state index contributed by atoms with van der Waals surface area (Å²) in [6.45, 7) is 2.76. The smallest absolute Gasteiger partial charge is 0.255 e. The first kappa shape index (κ1) is 20.6. The summed E-state index contributed by atoms with van der Waals surface area (Å²) >= 11 is 0. The van der Waals surface area contributed by atoms with Crippen LogP contribution in [0.3, 0.4) is 0 Å². The highest BCUT2D eigenvalue weighted by molar-refractivity contribution is 6.06. The molecule has 1 aromatic carbocycles. The van der Waals surface area contributed by atoms with Gasteiger partial charge in [0.1, 0.15) is 17.3 Å². The number of hydrogen-bond donors (Lipinski definition) is 1. The van der Waals surface area contributed by atoms with Crippen molar-refractivity contribution in [1.29, 1.82) is 0 Å². The van der Waals surface area contributed by atoms with E-state index in [2.05, 4.69) is 20.3 Å². The zero-order valence-electron chi connectivity index (χ0n) is 18.8. The lowest BCUT2D eigenvalue weighted by atomic mass is 10.0. The summed E-state index contributed by atoms with van der Waals surface area (Å²) in [7, 11) is 1.55. The number of carbonyl (C=O) groups excluding carboxylic acids is 1. The molecule has 6 rings (SSSR count). The molecular formula is C25H23FN6O2. The van der Waals surface area contributed by atoms with Crippen LogP contribution in [0.25, 0.3) is 5.65 Å². The van der Waals surface area contributed by atoms with E-state index in [0.717, 1.165) is 36.3 Å². The number of pyridine rings is 1. The van der Waals surface area contributed by atoms with E-state index in [-0.39, 0.29) is 11.7 Å².